The van der Waals surface area contributed by atoms with Gasteiger partial charge in [0.2, 0.25) is 5.91 Å². The Kier molecular flexibility index (Phi) is 4.51. The fraction of sp³-hybridized carbons (Fsp3) is 0.273. The van der Waals surface area contributed by atoms with E-state index in [2.05, 4.69) is 15.9 Å². The molecule has 0 fully saturated rings. The maximum absolute atomic E-state index is 12.1. The summed E-state index contributed by atoms with van der Waals surface area (Å²) in [5.41, 5.74) is 11.6. The van der Waals surface area contributed by atoms with E-state index < -0.39 is 5.91 Å². The lowest BCUT2D eigenvalue weighted by molar-refractivity contribution is -0.118. The number of nitrogens with zero attached hydrogens (tertiary/aromatic N) is 1. The lowest BCUT2D eigenvalue weighted by Crippen LogP contribution is -2.38. The van der Waals surface area contributed by atoms with Crippen LogP contribution in [0.5, 0.6) is 0 Å². The number of primary amides is 1. The lowest BCUT2D eigenvalue weighted by Gasteiger charge is -2.19. The Morgan fingerprint density at radius 1 is 1.35 bits per heavy atom. The zero-order chi connectivity index (χ0) is 13.0. The number of nitrogen functional groups attached to an aromatic ring is 1. The van der Waals surface area contributed by atoms with Crippen molar-refractivity contribution in [3.8, 4) is 0 Å². The molecular weight excluding hydrogens is 286 g/mol. The third-order valence-electron chi connectivity index (χ3n) is 2.18. The van der Waals surface area contributed by atoms with E-state index >= 15 is 0 Å². The molecule has 17 heavy (non-hydrogen) atoms. The average Bonchev–Trinajstić information content (AvgIpc) is 2.23. The van der Waals surface area contributed by atoms with Crippen LogP contribution in [0.3, 0.4) is 0 Å². The molecule has 1 rings (SSSR count). The quantitative estimate of drug-likeness (QED) is 0.812. The van der Waals surface area contributed by atoms with Gasteiger partial charge in [-0.25, -0.2) is 0 Å². The molecule has 0 aliphatic carbocycles. The molecule has 2 amide bonds. The number of amides is 2. The maximum Gasteiger partial charge on any atom is 0.254 e. The highest BCUT2D eigenvalue weighted by molar-refractivity contribution is 9.10. The molecule has 0 spiro atoms. The van der Waals surface area contributed by atoms with Crippen LogP contribution in [0.1, 0.15) is 17.3 Å². The van der Waals surface area contributed by atoms with Gasteiger partial charge >= 0.3 is 0 Å². The van der Waals surface area contributed by atoms with Crippen molar-refractivity contribution in [2.45, 2.75) is 6.92 Å². The van der Waals surface area contributed by atoms with Crippen molar-refractivity contribution in [3.05, 3.63) is 28.2 Å². The van der Waals surface area contributed by atoms with Gasteiger partial charge in [-0.05, 0) is 25.1 Å². The van der Waals surface area contributed by atoms with Gasteiger partial charge in [0.15, 0.2) is 0 Å². The van der Waals surface area contributed by atoms with Gasteiger partial charge in [-0.1, -0.05) is 15.9 Å². The van der Waals surface area contributed by atoms with Crippen LogP contribution in [0.2, 0.25) is 0 Å². The molecule has 0 aromatic heterocycles. The molecule has 0 aliphatic rings. The fourth-order valence-electron chi connectivity index (χ4n) is 1.43. The van der Waals surface area contributed by atoms with Gasteiger partial charge in [0.1, 0.15) is 0 Å². The van der Waals surface area contributed by atoms with Crippen LogP contribution < -0.4 is 11.5 Å². The molecule has 0 bridgehead atoms. The minimum Gasteiger partial charge on any atom is -0.399 e. The molecule has 92 valence electrons. The second-order valence-electron chi connectivity index (χ2n) is 3.56. The van der Waals surface area contributed by atoms with Gasteiger partial charge in [-0.15, -0.1) is 0 Å². The zero-order valence-electron chi connectivity index (χ0n) is 9.44. The van der Waals surface area contributed by atoms with Crippen LogP contribution in [0, 0.1) is 0 Å². The highest BCUT2D eigenvalue weighted by Crippen LogP contribution is 2.18. The van der Waals surface area contributed by atoms with Crippen molar-refractivity contribution in [2.24, 2.45) is 5.73 Å². The van der Waals surface area contributed by atoms with Crippen molar-refractivity contribution in [1.29, 1.82) is 0 Å². The van der Waals surface area contributed by atoms with Crippen LogP contribution in [0.4, 0.5) is 5.69 Å². The summed E-state index contributed by atoms with van der Waals surface area (Å²) >= 11 is 3.26. The third-order valence-corrected chi connectivity index (χ3v) is 2.64. The predicted molar refractivity (Wildman–Crippen MR) is 69.3 cm³/mol. The van der Waals surface area contributed by atoms with Gasteiger partial charge in [-0.2, -0.15) is 0 Å². The van der Waals surface area contributed by atoms with E-state index in [9.17, 15) is 9.59 Å². The topological polar surface area (TPSA) is 89.4 Å². The number of halogens is 1. The number of carbonyl (C=O) groups excluding carboxylic acids is 2. The van der Waals surface area contributed by atoms with Gasteiger partial charge in [-0.3, -0.25) is 9.59 Å². The molecule has 0 atom stereocenters. The first kappa shape index (κ1) is 13.5. The number of nitrogens with two attached hydrogens (primary N) is 2. The fourth-order valence-corrected chi connectivity index (χ4v) is 1.94. The summed E-state index contributed by atoms with van der Waals surface area (Å²) in [7, 11) is 0. The van der Waals surface area contributed by atoms with Crippen molar-refractivity contribution in [1.82, 2.24) is 4.90 Å². The second-order valence-corrected chi connectivity index (χ2v) is 4.47. The van der Waals surface area contributed by atoms with Crippen LogP contribution >= 0.6 is 15.9 Å². The van der Waals surface area contributed by atoms with Crippen LogP contribution in [0.25, 0.3) is 0 Å². The SMILES string of the molecule is CCN(CC(N)=O)C(=O)c1cc(N)cc(Br)c1. The van der Waals surface area contributed by atoms with Crippen molar-refractivity contribution in [3.63, 3.8) is 0 Å². The first-order valence-electron chi connectivity index (χ1n) is 5.07. The Morgan fingerprint density at radius 2 is 2.00 bits per heavy atom. The Balaban J connectivity index is 2.97. The molecule has 1 aromatic rings. The third kappa shape index (κ3) is 3.74. The van der Waals surface area contributed by atoms with E-state index in [0.29, 0.717) is 17.8 Å². The second kappa shape index (κ2) is 5.67. The Morgan fingerprint density at radius 3 is 2.47 bits per heavy atom. The van der Waals surface area contributed by atoms with E-state index in [4.69, 9.17) is 11.5 Å². The maximum atomic E-state index is 12.1. The highest BCUT2D eigenvalue weighted by atomic mass is 79.9. The molecule has 5 nitrogen and oxygen atoms in total. The van der Waals surface area contributed by atoms with Crippen LogP contribution in [-0.2, 0) is 4.79 Å². The van der Waals surface area contributed by atoms with E-state index in [-0.39, 0.29) is 12.5 Å². The summed E-state index contributed by atoms with van der Waals surface area (Å²) in [5, 5.41) is 0. The average molecular weight is 300 g/mol. The first-order chi connectivity index (χ1) is 7.93. The summed E-state index contributed by atoms with van der Waals surface area (Å²) in [6.07, 6.45) is 0. The number of hydrogen-bond donors (Lipinski definition) is 2. The van der Waals surface area contributed by atoms with E-state index in [1.807, 2.05) is 0 Å². The van der Waals surface area contributed by atoms with Gasteiger partial charge < -0.3 is 16.4 Å². The molecule has 0 heterocycles. The predicted octanol–water partition coefficient (Wildman–Crippen LogP) is 0.979. The summed E-state index contributed by atoms with van der Waals surface area (Å²) < 4.78 is 0.718. The summed E-state index contributed by atoms with van der Waals surface area (Å²) in [6, 6.07) is 4.92. The van der Waals surface area contributed by atoms with E-state index in [1.54, 1.807) is 25.1 Å². The Bertz CT molecular complexity index is 428. The van der Waals surface area contributed by atoms with Crippen LogP contribution in [0.15, 0.2) is 22.7 Å². The van der Waals surface area contributed by atoms with Crippen molar-refractivity contribution >= 4 is 33.4 Å². The standard InChI is InChI=1S/C11H14BrN3O2/c1-2-15(6-10(14)16)11(17)7-3-8(12)5-9(13)4-7/h3-5H,2,6,13H2,1H3,(H2,14,16). The number of anilines is 1. The van der Waals surface area contributed by atoms with Gasteiger partial charge in [0, 0.05) is 22.3 Å². The molecular formula is C11H14BrN3O2. The number of benzene rings is 1. The van der Waals surface area contributed by atoms with E-state index in [0.717, 1.165) is 4.47 Å². The van der Waals surface area contributed by atoms with Crippen molar-refractivity contribution in [2.75, 3.05) is 18.8 Å². The summed E-state index contributed by atoms with van der Waals surface area (Å²) in [5.74, 6) is -0.803. The molecule has 0 radical (unpaired) electrons. The largest absolute Gasteiger partial charge is 0.399 e. The molecule has 0 aliphatic heterocycles. The van der Waals surface area contributed by atoms with Crippen LogP contribution in [-0.4, -0.2) is 29.8 Å². The normalized spacial score (nSPS) is 10.0. The number of hydrogen-bond acceptors (Lipinski definition) is 3. The number of likely N-dealkylation sites (N-methyl/N-ethyl adjacent to an activating group) is 1. The van der Waals surface area contributed by atoms with Gasteiger partial charge in [0.25, 0.3) is 5.91 Å². The molecule has 0 unspecified atom stereocenters. The minimum atomic E-state index is -0.539. The summed E-state index contributed by atoms with van der Waals surface area (Å²) in [6.45, 7) is 2.10. The first-order valence-corrected chi connectivity index (χ1v) is 5.87. The Labute approximate surface area is 108 Å². The molecule has 6 heteroatoms. The monoisotopic (exact) mass is 299 g/mol. The highest BCUT2D eigenvalue weighted by Gasteiger charge is 2.16. The molecule has 0 saturated heterocycles. The zero-order valence-corrected chi connectivity index (χ0v) is 11.0. The Hall–Kier alpha value is -1.56. The number of rotatable bonds is 4. The van der Waals surface area contributed by atoms with Crippen molar-refractivity contribution < 1.29 is 9.59 Å². The van der Waals surface area contributed by atoms with Gasteiger partial charge in [0.05, 0.1) is 6.54 Å². The van der Waals surface area contributed by atoms with E-state index in [1.165, 1.54) is 4.90 Å². The smallest absolute Gasteiger partial charge is 0.254 e. The molecule has 0 saturated carbocycles. The number of carbonyl (C=O) groups is 2. The summed E-state index contributed by atoms with van der Waals surface area (Å²) in [4.78, 5) is 24.3. The molecule has 4 N–H and O–H groups in total. The lowest BCUT2D eigenvalue weighted by atomic mass is 10.1. The minimum absolute atomic E-state index is 0.0955. The molecule has 1 aromatic carbocycles.